The minimum atomic E-state index is -3.81. The predicted octanol–water partition coefficient (Wildman–Crippen LogP) is 2.62. The maximum absolute atomic E-state index is 12.5. The molecule has 0 amide bonds. The first-order chi connectivity index (χ1) is 11.8. The van der Waals surface area contributed by atoms with Crippen molar-refractivity contribution in [2.75, 3.05) is 7.11 Å². The van der Waals surface area contributed by atoms with Gasteiger partial charge in [-0.3, -0.25) is 0 Å². The third-order valence-electron chi connectivity index (χ3n) is 3.75. The SMILES string of the molecule is COC(=O)c1ccc2c(c1)sc(=NS(=O)(=O)c1ccc(C)cc1)n2C. The van der Waals surface area contributed by atoms with E-state index < -0.39 is 16.0 Å². The molecule has 0 fully saturated rings. The highest BCUT2D eigenvalue weighted by Gasteiger charge is 2.14. The summed E-state index contributed by atoms with van der Waals surface area (Å²) in [5.74, 6) is -0.441. The molecule has 3 rings (SSSR count). The van der Waals surface area contributed by atoms with Gasteiger partial charge in [0.15, 0.2) is 0 Å². The Hall–Kier alpha value is -2.45. The van der Waals surface area contributed by atoms with Gasteiger partial charge >= 0.3 is 5.97 Å². The Kier molecular flexibility index (Phi) is 4.49. The molecule has 0 unspecified atom stereocenters. The van der Waals surface area contributed by atoms with Gasteiger partial charge in [-0.1, -0.05) is 29.0 Å². The molecule has 0 N–H and O–H groups in total. The van der Waals surface area contributed by atoms with Crippen LogP contribution in [0.1, 0.15) is 15.9 Å². The van der Waals surface area contributed by atoms with E-state index in [0.29, 0.717) is 10.4 Å². The van der Waals surface area contributed by atoms with Gasteiger partial charge in [-0.2, -0.15) is 8.42 Å². The number of hydrogen-bond acceptors (Lipinski definition) is 5. The fraction of sp³-hybridized carbons (Fsp3) is 0.176. The van der Waals surface area contributed by atoms with E-state index in [9.17, 15) is 13.2 Å². The van der Waals surface area contributed by atoms with Crippen LogP contribution in [0.2, 0.25) is 0 Å². The fourth-order valence-corrected chi connectivity index (χ4v) is 4.62. The van der Waals surface area contributed by atoms with Crippen molar-refractivity contribution >= 4 is 37.5 Å². The van der Waals surface area contributed by atoms with E-state index in [1.165, 1.54) is 30.6 Å². The fourth-order valence-electron chi connectivity index (χ4n) is 2.33. The van der Waals surface area contributed by atoms with E-state index in [-0.39, 0.29) is 4.90 Å². The smallest absolute Gasteiger partial charge is 0.337 e. The molecule has 3 aromatic rings. The Balaban J connectivity index is 2.14. The van der Waals surface area contributed by atoms with Gasteiger partial charge in [0.25, 0.3) is 10.0 Å². The topological polar surface area (TPSA) is 77.7 Å². The summed E-state index contributed by atoms with van der Waals surface area (Å²) in [4.78, 5) is 12.1. The number of aryl methyl sites for hydroxylation is 2. The number of thiazole rings is 1. The van der Waals surface area contributed by atoms with Crippen molar-refractivity contribution in [3.05, 3.63) is 58.4 Å². The number of rotatable bonds is 3. The zero-order valence-electron chi connectivity index (χ0n) is 13.9. The van der Waals surface area contributed by atoms with E-state index in [1.54, 1.807) is 41.9 Å². The molecule has 0 saturated carbocycles. The molecule has 2 aromatic carbocycles. The Morgan fingerprint density at radius 1 is 1.16 bits per heavy atom. The molecule has 0 atom stereocenters. The van der Waals surface area contributed by atoms with Crippen LogP contribution in [0.25, 0.3) is 10.2 Å². The molecule has 0 aliphatic heterocycles. The van der Waals surface area contributed by atoms with Crippen LogP contribution in [0, 0.1) is 6.92 Å². The molecule has 0 radical (unpaired) electrons. The number of esters is 1. The third kappa shape index (κ3) is 3.35. The zero-order chi connectivity index (χ0) is 18.2. The van der Waals surface area contributed by atoms with Crippen LogP contribution >= 0.6 is 11.3 Å². The number of carbonyl (C=O) groups is 1. The summed E-state index contributed by atoms with van der Waals surface area (Å²) in [6, 6.07) is 11.6. The van der Waals surface area contributed by atoms with Gasteiger partial charge in [-0.25, -0.2) is 4.79 Å². The van der Waals surface area contributed by atoms with Gasteiger partial charge in [-0.05, 0) is 37.3 Å². The summed E-state index contributed by atoms with van der Waals surface area (Å²) in [6.07, 6.45) is 0. The number of ether oxygens (including phenoxy) is 1. The molecule has 1 aromatic heterocycles. The normalized spacial score (nSPS) is 12.5. The van der Waals surface area contributed by atoms with Crippen LogP contribution in [0.3, 0.4) is 0 Å². The lowest BCUT2D eigenvalue weighted by atomic mass is 10.2. The lowest BCUT2D eigenvalue weighted by Gasteiger charge is -2.00. The van der Waals surface area contributed by atoms with Gasteiger partial charge < -0.3 is 9.30 Å². The first-order valence-corrected chi connectivity index (χ1v) is 9.63. The highest BCUT2D eigenvalue weighted by molar-refractivity contribution is 7.90. The van der Waals surface area contributed by atoms with Crippen molar-refractivity contribution in [2.45, 2.75) is 11.8 Å². The van der Waals surface area contributed by atoms with Gasteiger partial charge in [-0.15, -0.1) is 4.40 Å². The van der Waals surface area contributed by atoms with Crippen molar-refractivity contribution in [1.82, 2.24) is 4.57 Å². The lowest BCUT2D eigenvalue weighted by Crippen LogP contribution is -2.13. The van der Waals surface area contributed by atoms with Crippen LogP contribution in [0.4, 0.5) is 0 Å². The lowest BCUT2D eigenvalue weighted by molar-refractivity contribution is 0.0601. The van der Waals surface area contributed by atoms with Crippen molar-refractivity contribution in [1.29, 1.82) is 0 Å². The molecule has 8 heteroatoms. The molecule has 25 heavy (non-hydrogen) atoms. The van der Waals surface area contributed by atoms with Crippen molar-refractivity contribution in [3.8, 4) is 0 Å². The summed E-state index contributed by atoms with van der Waals surface area (Å²) in [5.41, 5.74) is 2.17. The van der Waals surface area contributed by atoms with E-state index in [0.717, 1.165) is 15.8 Å². The Bertz CT molecular complexity index is 1120. The molecule has 0 aliphatic rings. The molecule has 0 bridgehead atoms. The highest BCUT2D eigenvalue weighted by atomic mass is 32.2. The number of nitrogens with zero attached hydrogens (tertiary/aromatic N) is 2. The number of hydrogen-bond donors (Lipinski definition) is 0. The maximum atomic E-state index is 12.5. The summed E-state index contributed by atoms with van der Waals surface area (Å²) in [7, 11) is -0.757. The van der Waals surface area contributed by atoms with Crippen LogP contribution < -0.4 is 4.80 Å². The molecule has 1 heterocycles. The minimum absolute atomic E-state index is 0.144. The van der Waals surface area contributed by atoms with Gasteiger partial charge in [0.2, 0.25) is 4.80 Å². The Labute approximate surface area is 149 Å². The molecule has 130 valence electrons. The maximum Gasteiger partial charge on any atom is 0.337 e. The number of aromatic nitrogens is 1. The highest BCUT2D eigenvalue weighted by Crippen LogP contribution is 2.20. The number of sulfonamides is 1. The number of benzene rings is 2. The standard InChI is InChI=1S/C17H16N2O4S2/c1-11-4-7-13(8-5-11)25(21,22)18-17-19(2)14-9-6-12(16(20)23-3)10-15(14)24-17/h4-10H,1-3H3. The molecule has 0 spiro atoms. The average Bonchev–Trinajstić information content (AvgIpc) is 2.89. The largest absolute Gasteiger partial charge is 0.465 e. The molecule has 0 aliphatic carbocycles. The summed E-state index contributed by atoms with van der Waals surface area (Å²) in [5, 5.41) is 0. The average molecular weight is 376 g/mol. The summed E-state index contributed by atoms with van der Waals surface area (Å²) >= 11 is 1.20. The second-order valence-electron chi connectivity index (χ2n) is 5.50. The van der Waals surface area contributed by atoms with Crippen LogP contribution in [0.15, 0.2) is 51.8 Å². The first kappa shape index (κ1) is 17.4. The molecule has 6 nitrogen and oxygen atoms in total. The van der Waals surface area contributed by atoms with Crippen molar-refractivity contribution in [2.24, 2.45) is 11.4 Å². The van der Waals surface area contributed by atoms with Crippen LogP contribution in [-0.2, 0) is 21.8 Å². The molecule has 0 saturated heterocycles. The molecular formula is C17H16N2O4S2. The number of methoxy groups -OCH3 is 1. The second-order valence-corrected chi connectivity index (χ2v) is 8.11. The Morgan fingerprint density at radius 3 is 2.48 bits per heavy atom. The van der Waals surface area contributed by atoms with Gasteiger partial charge in [0, 0.05) is 7.05 Å². The quantitative estimate of drug-likeness (QED) is 0.659. The van der Waals surface area contributed by atoms with Crippen molar-refractivity contribution in [3.63, 3.8) is 0 Å². The van der Waals surface area contributed by atoms with E-state index in [4.69, 9.17) is 4.74 Å². The van der Waals surface area contributed by atoms with Crippen molar-refractivity contribution < 1.29 is 17.9 Å². The monoisotopic (exact) mass is 376 g/mol. The van der Waals surface area contributed by atoms with E-state index >= 15 is 0 Å². The second kappa shape index (κ2) is 6.45. The first-order valence-electron chi connectivity index (χ1n) is 7.37. The minimum Gasteiger partial charge on any atom is -0.465 e. The van der Waals surface area contributed by atoms with E-state index in [1.807, 2.05) is 6.92 Å². The third-order valence-corrected chi connectivity index (χ3v) is 6.24. The summed E-state index contributed by atoms with van der Waals surface area (Å²) < 4.78 is 36.1. The Morgan fingerprint density at radius 2 is 1.84 bits per heavy atom. The molecular weight excluding hydrogens is 360 g/mol. The summed E-state index contributed by atoms with van der Waals surface area (Å²) in [6.45, 7) is 1.89. The van der Waals surface area contributed by atoms with Gasteiger partial charge in [0.1, 0.15) is 0 Å². The predicted molar refractivity (Wildman–Crippen MR) is 96.1 cm³/mol. The van der Waals surface area contributed by atoms with Crippen LogP contribution in [-0.4, -0.2) is 26.1 Å². The number of fused-ring (bicyclic) bond motifs is 1. The number of carbonyl (C=O) groups excluding carboxylic acids is 1. The van der Waals surface area contributed by atoms with E-state index in [2.05, 4.69) is 4.40 Å². The van der Waals surface area contributed by atoms with Crippen LogP contribution in [0.5, 0.6) is 0 Å². The zero-order valence-corrected chi connectivity index (χ0v) is 15.5. The van der Waals surface area contributed by atoms with Gasteiger partial charge in [0.05, 0.1) is 27.8 Å².